The van der Waals surface area contributed by atoms with Gasteiger partial charge in [-0.15, -0.1) is 0 Å². The average molecular weight is 361 g/mol. The average Bonchev–Trinajstić information content (AvgIpc) is 2.44. The second-order valence-corrected chi connectivity index (χ2v) is 7.72. The molecule has 0 aromatic heterocycles. The van der Waals surface area contributed by atoms with Gasteiger partial charge >= 0.3 is 6.09 Å². The molecule has 1 unspecified atom stereocenters. The zero-order valence-electron chi connectivity index (χ0n) is 13.8. The lowest BCUT2D eigenvalue weighted by Crippen LogP contribution is -2.99. The smallest absolute Gasteiger partial charge is 0.407 e. The van der Waals surface area contributed by atoms with E-state index in [1.165, 1.54) is 24.3 Å². The molecule has 0 fully saturated rings. The summed E-state index contributed by atoms with van der Waals surface area (Å²) >= 11 is 0. The van der Waals surface area contributed by atoms with Crippen LogP contribution in [0.2, 0.25) is 0 Å². The summed E-state index contributed by atoms with van der Waals surface area (Å²) in [5.41, 5.74) is -0.900. The van der Waals surface area contributed by atoms with Gasteiger partial charge in [0.15, 0.2) is 5.69 Å². The summed E-state index contributed by atoms with van der Waals surface area (Å²) in [5.74, 6) is 0. The molecular weight excluding hydrogens is 338 g/mol. The largest absolute Gasteiger partial charge is 0.595 e. The number of para-hydroxylation sites is 1. The van der Waals surface area contributed by atoms with Crippen LogP contribution in [-0.4, -0.2) is 38.4 Å². The van der Waals surface area contributed by atoms with Crippen LogP contribution in [0.4, 0.5) is 10.5 Å². The Morgan fingerprint density at radius 3 is 2.50 bits per heavy atom. The fourth-order valence-corrected chi connectivity index (χ4v) is 3.03. The Labute approximate surface area is 141 Å². The first kappa shape index (κ1) is 20.3. The van der Waals surface area contributed by atoms with Gasteiger partial charge in [0, 0.05) is 19.2 Å². The zero-order valence-corrected chi connectivity index (χ0v) is 14.6. The van der Waals surface area contributed by atoms with Gasteiger partial charge in [-0.2, -0.15) is 5.23 Å². The highest BCUT2D eigenvalue weighted by Gasteiger charge is 2.21. The Bertz CT molecular complexity index is 655. The van der Waals surface area contributed by atoms with E-state index in [9.17, 15) is 18.4 Å². The highest BCUT2D eigenvalue weighted by Crippen LogP contribution is 2.16. The molecule has 0 saturated heterocycles. The van der Waals surface area contributed by atoms with Crippen molar-refractivity contribution in [2.45, 2.75) is 37.7 Å². The summed E-state index contributed by atoms with van der Waals surface area (Å²) in [6.07, 6.45) is -0.255. The second-order valence-electron chi connectivity index (χ2n) is 5.98. The van der Waals surface area contributed by atoms with Crippen molar-refractivity contribution in [1.29, 1.82) is 0 Å². The number of rotatable bonds is 7. The van der Waals surface area contributed by atoms with Gasteiger partial charge in [-0.05, 0) is 33.3 Å². The molecule has 0 radical (unpaired) electrons. The van der Waals surface area contributed by atoms with E-state index in [1.807, 2.05) is 0 Å². The first-order valence-electron chi connectivity index (χ1n) is 7.32. The number of carbonyl (C=O) groups excluding carboxylic acids is 1. The third-order valence-electron chi connectivity index (χ3n) is 2.72. The number of sulfonamides is 1. The summed E-state index contributed by atoms with van der Waals surface area (Å²) in [6.45, 7) is 5.48. The molecule has 1 aromatic carbocycles. The molecule has 1 atom stereocenters. The fraction of sp³-hybridized carbons (Fsp3) is 0.500. The van der Waals surface area contributed by atoms with Crippen LogP contribution in [0.5, 0.6) is 0 Å². The molecular formula is C14H23N3O6S. The summed E-state index contributed by atoms with van der Waals surface area (Å²) in [4.78, 5) is 11.1. The number of nitrogens with one attached hydrogen (secondary N) is 3. The quantitative estimate of drug-likeness (QED) is 0.407. The Hall–Kier alpha value is -1.72. The molecule has 1 rings (SSSR count). The lowest BCUT2D eigenvalue weighted by Gasteiger charge is -2.19. The van der Waals surface area contributed by atoms with Crippen LogP contribution in [0.3, 0.4) is 0 Å². The van der Waals surface area contributed by atoms with Gasteiger partial charge in [-0.1, -0.05) is 12.1 Å². The van der Waals surface area contributed by atoms with Gasteiger partial charge in [-0.25, -0.2) is 23.1 Å². The van der Waals surface area contributed by atoms with Crippen LogP contribution in [0, 0.1) is 5.21 Å². The number of hydrogen-bond donors (Lipinski definition) is 4. The topological polar surface area (TPSA) is 132 Å². The van der Waals surface area contributed by atoms with E-state index in [-0.39, 0.29) is 23.7 Å². The van der Waals surface area contributed by atoms with E-state index in [2.05, 4.69) is 10.0 Å². The van der Waals surface area contributed by atoms with E-state index in [0.717, 1.165) is 0 Å². The van der Waals surface area contributed by atoms with E-state index >= 15 is 0 Å². The maximum atomic E-state index is 12.2. The van der Waals surface area contributed by atoms with Gasteiger partial charge in [0.05, 0.1) is 0 Å². The standard InChI is InChI=1S/C14H23N3O6S/c1-14(2,3)23-13(18)15-9-6-10-16-24(21,22)12-8-5-4-7-11(12)17(19)20/h4-5,7-8,16-17,19H,6,9-10H2,1-3H3,(H,15,18). The number of ether oxygens (including phenoxy) is 1. The van der Waals surface area contributed by atoms with Crippen LogP contribution < -0.4 is 15.3 Å². The third-order valence-corrected chi connectivity index (χ3v) is 4.24. The molecule has 1 amide bonds. The Kier molecular flexibility index (Phi) is 7.11. The van der Waals surface area contributed by atoms with Gasteiger partial charge < -0.3 is 15.3 Å². The molecule has 0 spiro atoms. The predicted octanol–water partition coefficient (Wildman–Crippen LogP) is 0.283. The van der Waals surface area contributed by atoms with E-state index in [0.29, 0.717) is 6.42 Å². The third kappa shape index (κ3) is 6.81. The minimum Gasteiger partial charge on any atom is -0.595 e. The zero-order chi connectivity index (χ0) is 18.4. The van der Waals surface area contributed by atoms with Crippen molar-refractivity contribution in [3.8, 4) is 0 Å². The predicted molar refractivity (Wildman–Crippen MR) is 86.3 cm³/mol. The molecule has 0 aliphatic rings. The Morgan fingerprint density at radius 1 is 1.29 bits per heavy atom. The SMILES string of the molecule is CC(C)(C)OC(=O)NCCCNS(=O)(=O)c1ccccc1[NH+]([O-])O. The molecule has 24 heavy (non-hydrogen) atoms. The molecule has 1 aromatic rings. The van der Waals surface area contributed by atoms with Crippen molar-refractivity contribution in [1.82, 2.24) is 10.0 Å². The number of hydrogen-bond acceptors (Lipinski definition) is 6. The molecule has 0 aliphatic heterocycles. The van der Waals surface area contributed by atoms with Gasteiger partial charge in [0.1, 0.15) is 10.5 Å². The number of alkyl carbamates (subject to hydrolysis) is 1. The Balaban J connectivity index is 2.49. The molecule has 9 nitrogen and oxygen atoms in total. The minimum atomic E-state index is -3.94. The Morgan fingerprint density at radius 2 is 1.92 bits per heavy atom. The molecule has 0 bridgehead atoms. The first-order chi connectivity index (χ1) is 11.0. The van der Waals surface area contributed by atoms with Crippen LogP contribution >= 0.6 is 0 Å². The fourth-order valence-electron chi connectivity index (χ4n) is 1.75. The highest BCUT2D eigenvalue weighted by atomic mass is 32.2. The van der Waals surface area contributed by atoms with Crippen molar-refractivity contribution in [3.63, 3.8) is 0 Å². The normalized spacial score (nSPS) is 13.4. The number of amides is 1. The minimum absolute atomic E-state index is 0.0477. The maximum absolute atomic E-state index is 12.2. The molecule has 4 N–H and O–H groups in total. The molecule has 0 saturated carbocycles. The molecule has 0 heterocycles. The van der Waals surface area contributed by atoms with Crippen molar-refractivity contribution in [2.75, 3.05) is 13.1 Å². The molecule has 0 aliphatic carbocycles. The first-order valence-corrected chi connectivity index (χ1v) is 8.80. The highest BCUT2D eigenvalue weighted by molar-refractivity contribution is 7.89. The lowest BCUT2D eigenvalue weighted by molar-refractivity contribution is -0.992. The van der Waals surface area contributed by atoms with E-state index in [4.69, 9.17) is 9.94 Å². The van der Waals surface area contributed by atoms with Crippen LogP contribution in [-0.2, 0) is 14.8 Å². The van der Waals surface area contributed by atoms with Crippen molar-refractivity contribution >= 4 is 21.8 Å². The molecule has 136 valence electrons. The van der Waals surface area contributed by atoms with Crippen LogP contribution in [0.1, 0.15) is 27.2 Å². The van der Waals surface area contributed by atoms with E-state index in [1.54, 1.807) is 20.8 Å². The van der Waals surface area contributed by atoms with Crippen LogP contribution in [0.15, 0.2) is 29.2 Å². The van der Waals surface area contributed by atoms with Gasteiger partial charge in [0.25, 0.3) is 0 Å². The second kappa shape index (κ2) is 8.40. The summed E-state index contributed by atoms with van der Waals surface area (Å²) < 4.78 is 31.7. The number of carbonyl (C=O) groups is 1. The number of benzene rings is 1. The van der Waals surface area contributed by atoms with Gasteiger partial charge in [-0.3, -0.25) is 0 Å². The van der Waals surface area contributed by atoms with E-state index < -0.39 is 26.9 Å². The van der Waals surface area contributed by atoms with Crippen LogP contribution in [0.25, 0.3) is 0 Å². The van der Waals surface area contributed by atoms with Crippen molar-refractivity contribution in [2.24, 2.45) is 0 Å². The summed E-state index contributed by atoms with van der Waals surface area (Å²) in [6, 6.07) is 5.35. The van der Waals surface area contributed by atoms with Crippen molar-refractivity contribution in [3.05, 3.63) is 29.5 Å². The maximum Gasteiger partial charge on any atom is 0.407 e. The number of quaternary nitrogens is 1. The molecule has 10 heteroatoms. The monoisotopic (exact) mass is 361 g/mol. The van der Waals surface area contributed by atoms with Gasteiger partial charge in [0.2, 0.25) is 10.0 Å². The lowest BCUT2D eigenvalue weighted by atomic mass is 10.2. The summed E-state index contributed by atoms with van der Waals surface area (Å²) in [7, 11) is -3.94. The van der Waals surface area contributed by atoms with Crippen molar-refractivity contribution < 1.29 is 28.4 Å². The summed E-state index contributed by atoms with van der Waals surface area (Å²) in [5, 5.41) is 21.3.